The van der Waals surface area contributed by atoms with E-state index >= 15 is 0 Å². The van der Waals surface area contributed by atoms with Crippen LogP contribution in [-0.2, 0) is 0 Å². The van der Waals surface area contributed by atoms with Gasteiger partial charge in [0, 0.05) is 5.30 Å². The molecule has 0 fully saturated rings. The molecule has 60 valence electrons. The predicted molar refractivity (Wildman–Crippen MR) is 49.8 cm³/mol. The topological polar surface area (TPSA) is 39.7 Å². The first kappa shape index (κ1) is 8.66. The Labute approximate surface area is 68.0 Å². The quantitative estimate of drug-likeness (QED) is 0.396. The fraction of sp³-hybridized carbons (Fsp3) is 0.250. The Morgan fingerprint density at radius 3 is 2.36 bits per heavy atom. The Bertz CT molecular complexity index is 237. The van der Waals surface area contributed by atoms with Crippen LogP contribution in [0.25, 0.3) is 0 Å². The highest BCUT2D eigenvalue weighted by atomic mass is 31.1. The van der Waals surface area contributed by atoms with E-state index in [1.165, 1.54) is 5.30 Å². The molecule has 0 aliphatic rings. The molecule has 0 unspecified atom stereocenters. The molecule has 0 spiro atoms. The molecule has 0 atom stereocenters. The highest BCUT2D eigenvalue weighted by Gasteiger charge is 2.04. The van der Waals surface area contributed by atoms with Crippen LogP contribution in [0, 0.1) is 5.21 Å². The van der Waals surface area contributed by atoms with E-state index in [2.05, 4.69) is 13.3 Å². The number of hydrogen-bond acceptors (Lipinski definition) is 1. The molecule has 2 nitrogen and oxygen atoms in total. The molecule has 2 N–H and O–H groups in total. The van der Waals surface area contributed by atoms with Gasteiger partial charge >= 0.3 is 0 Å². The van der Waals surface area contributed by atoms with Gasteiger partial charge in [0.05, 0.1) is 0 Å². The van der Waals surface area contributed by atoms with Crippen LogP contribution in [-0.4, -0.2) is 13.3 Å². The Kier molecular flexibility index (Phi) is 3.01. The summed E-state index contributed by atoms with van der Waals surface area (Å²) in [5.74, 6) is 0. The second-order valence-electron chi connectivity index (χ2n) is 2.57. The number of benzene rings is 1. The van der Waals surface area contributed by atoms with E-state index in [-0.39, 0.29) is 7.92 Å². The molecule has 1 rings (SSSR count). The van der Waals surface area contributed by atoms with Crippen LogP contribution in [0.15, 0.2) is 24.3 Å². The van der Waals surface area contributed by atoms with Crippen molar-refractivity contribution in [1.29, 1.82) is 0 Å². The third-order valence-electron chi connectivity index (χ3n) is 1.55. The lowest BCUT2D eigenvalue weighted by atomic mass is 10.3. The van der Waals surface area contributed by atoms with Crippen molar-refractivity contribution < 1.29 is 5.48 Å². The molecule has 0 saturated heterocycles. The molecular formula is C8H12NOP. The summed E-state index contributed by atoms with van der Waals surface area (Å²) in [6.07, 6.45) is 0. The van der Waals surface area contributed by atoms with Crippen LogP contribution >= 0.6 is 7.92 Å². The maximum Gasteiger partial charge on any atom is 0.137 e. The summed E-state index contributed by atoms with van der Waals surface area (Å²) < 4.78 is 0. The maximum atomic E-state index is 10.5. The molecule has 0 aliphatic carbocycles. The molecule has 0 amide bonds. The van der Waals surface area contributed by atoms with E-state index in [9.17, 15) is 5.21 Å². The van der Waals surface area contributed by atoms with Crippen LogP contribution in [0.1, 0.15) is 0 Å². The van der Waals surface area contributed by atoms with E-state index in [1.807, 2.05) is 24.3 Å². The highest BCUT2D eigenvalue weighted by Crippen LogP contribution is 2.25. The van der Waals surface area contributed by atoms with E-state index < -0.39 is 0 Å². The van der Waals surface area contributed by atoms with Gasteiger partial charge in [0.2, 0.25) is 0 Å². The van der Waals surface area contributed by atoms with Gasteiger partial charge in [-0.25, -0.2) is 0 Å². The van der Waals surface area contributed by atoms with E-state index in [1.54, 1.807) is 0 Å². The molecule has 0 heterocycles. The van der Waals surface area contributed by atoms with Gasteiger partial charge in [-0.05, 0) is 25.5 Å². The van der Waals surface area contributed by atoms with E-state index in [0.29, 0.717) is 0 Å². The first-order valence-electron chi connectivity index (χ1n) is 3.47. The summed E-state index contributed by atoms with van der Waals surface area (Å²) in [7, 11) is -0.153. The predicted octanol–water partition coefficient (Wildman–Crippen LogP) is 0.746. The Morgan fingerprint density at radius 2 is 1.91 bits per heavy atom. The van der Waals surface area contributed by atoms with Crippen molar-refractivity contribution in [3.8, 4) is 0 Å². The standard InChI is InChI=1S/C8H12NOP/c1-11(2)8-6-4-3-5-7(8)9-10/h3-6H,9H2,1-2H3. The van der Waals surface area contributed by atoms with Crippen LogP contribution < -0.4 is 10.8 Å². The number of nitrogens with two attached hydrogens (primary N) is 1. The summed E-state index contributed by atoms with van der Waals surface area (Å²) in [6.45, 7) is 4.30. The fourth-order valence-corrected chi connectivity index (χ4v) is 2.02. The average Bonchev–Trinajstić information content (AvgIpc) is 2.04. The summed E-state index contributed by atoms with van der Waals surface area (Å²) in [6, 6.07) is 7.76. The Balaban J connectivity index is 3.02. The van der Waals surface area contributed by atoms with Gasteiger partial charge < -0.3 is 10.7 Å². The Morgan fingerprint density at radius 1 is 1.27 bits per heavy atom. The molecule has 0 saturated carbocycles. The fourth-order valence-electron chi connectivity index (χ4n) is 0.994. The Hall–Kier alpha value is -0.430. The summed E-state index contributed by atoms with van der Waals surface area (Å²) in [5.41, 5.74) is 1.76. The molecule has 0 aromatic heterocycles. The van der Waals surface area contributed by atoms with Crippen LogP contribution in [0.2, 0.25) is 0 Å². The van der Waals surface area contributed by atoms with Gasteiger partial charge in [-0.2, -0.15) is 0 Å². The van der Waals surface area contributed by atoms with Gasteiger partial charge in [-0.3, -0.25) is 0 Å². The third kappa shape index (κ3) is 2.00. The number of hydrogen-bond donors (Lipinski definition) is 1. The minimum atomic E-state index is -0.153. The molecule has 1 aromatic carbocycles. The second kappa shape index (κ2) is 3.82. The summed E-state index contributed by atoms with van der Waals surface area (Å²) in [4.78, 5) is 0. The average molecular weight is 169 g/mol. The first-order chi connectivity index (χ1) is 5.25. The largest absolute Gasteiger partial charge is 0.630 e. The second-order valence-corrected chi connectivity index (χ2v) is 4.84. The monoisotopic (exact) mass is 169 g/mol. The van der Waals surface area contributed by atoms with Crippen molar-refractivity contribution in [1.82, 2.24) is 0 Å². The van der Waals surface area contributed by atoms with Crippen molar-refractivity contribution in [2.24, 2.45) is 0 Å². The van der Waals surface area contributed by atoms with Crippen LogP contribution in [0.5, 0.6) is 0 Å². The minimum absolute atomic E-state index is 0.153. The van der Waals surface area contributed by atoms with Gasteiger partial charge in [0.1, 0.15) is 5.69 Å². The zero-order valence-corrected chi connectivity index (χ0v) is 7.64. The maximum absolute atomic E-state index is 10.5. The third-order valence-corrected chi connectivity index (χ3v) is 2.92. The highest BCUT2D eigenvalue weighted by molar-refractivity contribution is 7.64. The van der Waals surface area contributed by atoms with Crippen molar-refractivity contribution in [2.45, 2.75) is 0 Å². The molecular weight excluding hydrogens is 157 g/mol. The number of quaternary nitrogens is 1. The van der Waals surface area contributed by atoms with Gasteiger partial charge in [-0.1, -0.05) is 20.1 Å². The van der Waals surface area contributed by atoms with Crippen molar-refractivity contribution in [3.63, 3.8) is 0 Å². The van der Waals surface area contributed by atoms with Crippen molar-refractivity contribution >= 4 is 18.9 Å². The minimum Gasteiger partial charge on any atom is -0.630 e. The van der Waals surface area contributed by atoms with Crippen molar-refractivity contribution in [2.75, 3.05) is 13.3 Å². The lowest BCUT2D eigenvalue weighted by molar-refractivity contribution is -0.496. The van der Waals surface area contributed by atoms with Crippen LogP contribution in [0.4, 0.5) is 5.69 Å². The normalized spacial score (nSPS) is 10.5. The van der Waals surface area contributed by atoms with Gasteiger partial charge in [0.15, 0.2) is 0 Å². The lowest BCUT2D eigenvalue weighted by Gasteiger charge is -2.10. The molecule has 0 bridgehead atoms. The van der Waals surface area contributed by atoms with E-state index in [0.717, 1.165) is 11.2 Å². The smallest absolute Gasteiger partial charge is 0.137 e. The van der Waals surface area contributed by atoms with Crippen molar-refractivity contribution in [3.05, 3.63) is 29.5 Å². The zero-order chi connectivity index (χ0) is 8.27. The first-order valence-corrected chi connectivity index (χ1v) is 5.71. The molecule has 0 radical (unpaired) electrons. The van der Waals surface area contributed by atoms with E-state index in [4.69, 9.17) is 0 Å². The lowest BCUT2D eigenvalue weighted by Crippen LogP contribution is -2.72. The van der Waals surface area contributed by atoms with Gasteiger partial charge in [0.25, 0.3) is 0 Å². The SMILES string of the molecule is CP(C)c1ccccc1[NH2+][O-]. The molecule has 11 heavy (non-hydrogen) atoms. The van der Waals surface area contributed by atoms with Crippen LogP contribution in [0.3, 0.4) is 0 Å². The summed E-state index contributed by atoms with van der Waals surface area (Å²) in [5, 5.41) is 11.7. The molecule has 0 aliphatic heterocycles. The molecule has 3 heteroatoms. The van der Waals surface area contributed by atoms with Gasteiger partial charge in [-0.15, -0.1) is 0 Å². The summed E-state index contributed by atoms with van der Waals surface area (Å²) >= 11 is 0. The number of rotatable bonds is 2. The molecule has 1 aromatic rings. The zero-order valence-electron chi connectivity index (χ0n) is 6.74.